The van der Waals surface area contributed by atoms with E-state index in [9.17, 15) is 4.79 Å². The van der Waals surface area contributed by atoms with Crippen molar-refractivity contribution in [2.24, 2.45) is 0 Å². The monoisotopic (exact) mass is 363 g/mol. The second-order valence-corrected chi connectivity index (χ2v) is 12.4. The van der Waals surface area contributed by atoms with Crippen LogP contribution in [0.1, 0.15) is 20.8 Å². The highest BCUT2D eigenvalue weighted by molar-refractivity contribution is 6.74. The molecule has 0 bridgehead atoms. The molecule has 0 amide bonds. The van der Waals surface area contributed by atoms with E-state index in [1.807, 2.05) is 0 Å². The summed E-state index contributed by atoms with van der Waals surface area (Å²) in [5.41, 5.74) is 0.780. The lowest BCUT2D eigenvalue weighted by molar-refractivity contribution is 0.0525. The molecule has 0 atom stereocenters. The molecule has 3 heterocycles. The number of nitrogens with one attached hydrogen (secondary N) is 1. The van der Waals surface area contributed by atoms with E-state index in [1.54, 1.807) is 23.3 Å². The lowest BCUT2D eigenvalue weighted by Gasteiger charge is -2.36. The molecular formula is C16H25N5O3Si. The first-order valence-electron chi connectivity index (χ1n) is 8.32. The molecule has 0 saturated carbocycles. The number of fused-ring (bicyclic) bond motifs is 2. The van der Waals surface area contributed by atoms with Crippen LogP contribution in [0.15, 0.2) is 23.5 Å². The summed E-state index contributed by atoms with van der Waals surface area (Å²) in [6, 6.07) is 0. The number of H-pyrrole nitrogens is 1. The summed E-state index contributed by atoms with van der Waals surface area (Å²) >= 11 is 0. The summed E-state index contributed by atoms with van der Waals surface area (Å²) in [5, 5.41) is 0.183. The molecule has 3 aromatic rings. The highest BCUT2D eigenvalue weighted by Crippen LogP contribution is 2.36. The third-order valence-electron chi connectivity index (χ3n) is 4.86. The third kappa shape index (κ3) is 3.39. The Labute approximate surface area is 146 Å². The normalized spacial score (nSPS) is 13.2. The van der Waals surface area contributed by atoms with Gasteiger partial charge in [0.1, 0.15) is 12.4 Å². The van der Waals surface area contributed by atoms with Gasteiger partial charge in [0.15, 0.2) is 13.8 Å². The van der Waals surface area contributed by atoms with Gasteiger partial charge in [0.25, 0.3) is 5.56 Å². The quantitative estimate of drug-likeness (QED) is 0.537. The average molecular weight is 363 g/mol. The Morgan fingerprint density at radius 3 is 2.72 bits per heavy atom. The SMILES string of the molecule is CC(C)(C)[Si](C)(C)OCCOCn1cnc2c(=O)n3ccnc3[nH]c21. The van der Waals surface area contributed by atoms with Crippen molar-refractivity contribution < 1.29 is 9.16 Å². The van der Waals surface area contributed by atoms with Gasteiger partial charge in [-0.2, -0.15) is 0 Å². The van der Waals surface area contributed by atoms with Crippen LogP contribution in [0.2, 0.25) is 18.1 Å². The fraction of sp³-hybridized carbons (Fsp3) is 0.562. The number of aromatic nitrogens is 5. The van der Waals surface area contributed by atoms with Crippen LogP contribution in [0.25, 0.3) is 16.9 Å². The molecule has 0 unspecified atom stereocenters. The maximum Gasteiger partial charge on any atom is 0.287 e. The van der Waals surface area contributed by atoms with Gasteiger partial charge in [0.2, 0.25) is 5.78 Å². The second kappa shape index (κ2) is 6.39. The molecular weight excluding hydrogens is 338 g/mol. The van der Waals surface area contributed by atoms with Crippen molar-refractivity contribution in [3.63, 3.8) is 0 Å². The summed E-state index contributed by atoms with van der Waals surface area (Å²) in [6.07, 6.45) is 4.78. The van der Waals surface area contributed by atoms with Gasteiger partial charge in [-0.05, 0) is 18.1 Å². The maximum atomic E-state index is 12.3. The second-order valence-electron chi connectivity index (χ2n) is 7.61. The first-order chi connectivity index (χ1) is 11.7. The predicted molar refractivity (Wildman–Crippen MR) is 98.2 cm³/mol. The highest BCUT2D eigenvalue weighted by Gasteiger charge is 2.36. The molecule has 0 fully saturated rings. The van der Waals surface area contributed by atoms with Crippen LogP contribution in [0.5, 0.6) is 0 Å². The minimum Gasteiger partial charge on any atom is -0.414 e. The molecule has 0 aromatic carbocycles. The van der Waals surface area contributed by atoms with Crippen LogP contribution >= 0.6 is 0 Å². The summed E-state index contributed by atoms with van der Waals surface area (Å²) in [5.74, 6) is 0.487. The first kappa shape index (κ1) is 17.8. The van der Waals surface area contributed by atoms with E-state index in [0.717, 1.165) is 0 Å². The molecule has 9 heteroatoms. The Kier molecular flexibility index (Phi) is 4.56. The lowest BCUT2D eigenvalue weighted by atomic mass is 10.2. The van der Waals surface area contributed by atoms with Gasteiger partial charge in [0.05, 0.1) is 19.5 Å². The van der Waals surface area contributed by atoms with E-state index in [1.165, 1.54) is 4.40 Å². The van der Waals surface area contributed by atoms with Gasteiger partial charge in [-0.15, -0.1) is 0 Å². The number of rotatable bonds is 6. The van der Waals surface area contributed by atoms with E-state index >= 15 is 0 Å². The molecule has 3 aromatic heterocycles. The van der Waals surface area contributed by atoms with E-state index in [4.69, 9.17) is 9.16 Å². The molecule has 0 aliphatic carbocycles. The number of imidazole rings is 2. The molecule has 3 rings (SSSR count). The van der Waals surface area contributed by atoms with Gasteiger partial charge in [-0.25, -0.2) is 14.4 Å². The molecule has 136 valence electrons. The van der Waals surface area contributed by atoms with E-state index in [0.29, 0.717) is 36.9 Å². The Morgan fingerprint density at radius 2 is 2.00 bits per heavy atom. The van der Waals surface area contributed by atoms with E-state index in [2.05, 4.69) is 48.8 Å². The van der Waals surface area contributed by atoms with Crippen molar-refractivity contribution in [3.8, 4) is 0 Å². The Hall–Kier alpha value is -1.97. The minimum atomic E-state index is -1.75. The van der Waals surface area contributed by atoms with Gasteiger partial charge in [-0.1, -0.05) is 20.8 Å². The number of aromatic amines is 1. The number of hydrogen-bond acceptors (Lipinski definition) is 5. The standard InChI is InChI=1S/C16H25N5O3Si/c1-16(2,3)25(4,5)24-9-8-23-11-20-10-18-12-13(20)19-15-17-6-7-21(15)14(12)22/h6-7,10H,8-9,11H2,1-5H3,(H,17,19). The van der Waals surface area contributed by atoms with Crippen LogP contribution in [0, 0.1) is 0 Å². The summed E-state index contributed by atoms with van der Waals surface area (Å²) in [4.78, 5) is 23.7. The fourth-order valence-electron chi connectivity index (χ4n) is 2.28. The maximum absolute atomic E-state index is 12.3. The van der Waals surface area contributed by atoms with Crippen molar-refractivity contribution in [2.45, 2.75) is 45.6 Å². The van der Waals surface area contributed by atoms with Crippen LogP contribution in [-0.4, -0.2) is 45.5 Å². The fourth-order valence-corrected chi connectivity index (χ4v) is 3.31. The third-order valence-corrected chi connectivity index (χ3v) is 9.40. The Bertz CT molecular complexity index is 935. The predicted octanol–water partition coefficient (Wildman–Crippen LogP) is 2.37. The zero-order valence-corrected chi connectivity index (χ0v) is 16.4. The summed E-state index contributed by atoms with van der Waals surface area (Å²) in [7, 11) is -1.75. The molecule has 1 N–H and O–H groups in total. The van der Waals surface area contributed by atoms with Crippen LogP contribution in [0.3, 0.4) is 0 Å². The van der Waals surface area contributed by atoms with E-state index < -0.39 is 8.32 Å². The molecule has 0 radical (unpaired) electrons. The summed E-state index contributed by atoms with van der Waals surface area (Å²) in [6.45, 7) is 12.4. The van der Waals surface area contributed by atoms with Crippen molar-refractivity contribution in [1.82, 2.24) is 23.9 Å². The zero-order chi connectivity index (χ0) is 18.2. The zero-order valence-electron chi connectivity index (χ0n) is 15.4. The van der Waals surface area contributed by atoms with E-state index in [-0.39, 0.29) is 10.6 Å². The molecule has 0 aliphatic heterocycles. The van der Waals surface area contributed by atoms with Gasteiger partial charge < -0.3 is 14.1 Å². The average Bonchev–Trinajstić information content (AvgIpc) is 3.13. The first-order valence-corrected chi connectivity index (χ1v) is 11.2. The smallest absolute Gasteiger partial charge is 0.287 e. The largest absolute Gasteiger partial charge is 0.414 e. The van der Waals surface area contributed by atoms with Crippen molar-refractivity contribution in [2.75, 3.05) is 13.2 Å². The molecule has 0 aliphatic rings. The van der Waals surface area contributed by atoms with Crippen LogP contribution in [-0.2, 0) is 15.9 Å². The molecule has 0 saturated heterocycles. The van der Waals surface area contributed by atoms with Crippen molar-refractivity contribution in [3.05, 3.63) is 29.1 Å². The Morgan fingerprint density at radius 1 is 1.24 bits per heavy atom. The van der Waals surface area contributed by atoms with Crippen LogP contribution < -0.4 is 5.56 Å². The van der Waals surface area contributed by atoms with Gasteiger partial charge >= 0.3 is 0 Å². The minimum absolute atomic E-state index is 0.183. The molecule has 25 heavy (non-hydrogen) atoms. The molecule has 8 nitrogen and oxygen atoms in total. The number of ether oxygens (including phenoxy) is 1. The Balaban J connectivity index is 1.63. The molecule has 0 spiro atoms. The number of nitrogens with zero attached hydrogens (tertiary/aromatic N) is 4. The van der Waals surface area contributed by atoms with Crippen molar-refractivity contribution >= 4 is 25.3 Å². The topological polar surface area (TPSA) is 86.4 Å². The van der Waals surface area contributed by atoms with Crippen LogP contribution in [0.4, 0.5) is 0 Å². The van der Waals surface area contributed by atoms with Gasteiger partial charge in [-0.3, -0.25) is 9.36 Å². The number of hydrogen-bond donors (Lipinski definition) is 1. The van der Waals surface area contributed by atoms with Gasteiger partial charge in [0, 0.05) is 12.4 Å². The highest BCUT2D eigenvalue weighted by atomic mass is 28.4. The lowest BCUT2D eigenvalue weighted by Crippen LogP contribution is -2.41. The summed E-state index contributed by atoms with van der Waals surface area (Å²) < 4.78 is 15.0. The van der Waals surface area contributed by atoms with Crippen molar-refractivity contribution in [1.29, 1.82) is 0 Å².